The van der Waals surface area contributed by atoms with E-state index in [2.05, 4.69) is 10.1 Å². The molecule has 9 nitrogen and oxygen atoms in total. The second-order valence-electron chi connectivity index (χ2n) is 3.80. The number of nitrogens with zero attached hydrogens (tertiary/aromatic N) is 1. The van der Waals surface area contributed by atoms with E-state index in [1.165, 1.54) is 0 Å². The molecule has 102 valence electrons. The first-order valence-electron chi connectivity index (χ1n) is 5.29. The van der Waals surface area contributed by atoms with E-state index in [1.807, 2.05) is 0 Å². The fourth-order valence-electron chi connectivity index (χ4n) is 1.68. The van der Waals surface area contributed by atoms with Crippen molar-refractivity contribution in [3.05, 3.63) is 0 Å². The summed E-state index contributed by atoms with van der Waals surface area (Å²) < 4.78 is 4.39. The lowest BCUT2D eigenvalue weighted by molar-refractivity contribution is -0.141. The van der Waals surface area contributed by atoms with Crippen molar-refractivity contribution in [2.24, 2.45) is 5.73 Å². The van der Waals surface area contributed by atoms with Crippen LogP contribution in [0.15, 0.2) is 0 Å². The fourth-order valence-corrected chi connectivity index (χ4v) is 1.68. The van der Waals surface area contributed by atoms with Crippen molar-refractivity contribution in [1.82, 2.24) is 10.2 Å². The van der Waals surface area contributed by atoms with Crippen molar-refractivity contribution in [1.29, 1.82) is 0 Å². The molecule has 1 heterocycles. The minimum absolute atomic E-state index is 0.000535. The SMILES string of the molecule is NC(=O)OCCNC(=O)N1CC(O)C[C@H]1C(=O)O. The van der Waals surface area contributed by atoms with Crippen LogP contribution in [0.1, 0.15) is 6.42 Å². The van der Waals surface area contributed by atoms with E-state index >= 15 is 0 Å². The van der Waals surface area contributed by atoms with Crippen LogP contribution < -0.4 is 11.1 Å². The number of carbonyl (C=O) groups excluding carboxylic acids is 2. The van der Waals surface area contributed by atoms with Gasteiger partial charge in [0, 0.05) is 13.0 Å². The molecular formula is C9H15N3O6. The molecule has 1 aliphatic heterocycles. The minimum Gasteiger partial charge on any atom is -0.480 e. The molecule has 0 spiro atoms. The quantitative estimate of drug-likeness (QED) is 0.445. The Morgan fingerprint density at radius 1 is 1.44 bits per heavy atom. The summed E-state index contributed by atoms with van der Waals surface area (Å²) >= 11 is 0. The third kappa shape index (κ3) is 3.77. The first-order valence-corrected chi connectivity index (χ1v) is 5.29. The van der Waals surface area contributed by atoms with Crippen LogP contribution in [0.3, 0.4) is 0 Å². The molecule has 1 rings (SSSR count). The highest BCUT2D eigenvalue weighted by Crippen LogP contribution is 2.17. The Bertz CT molecular complexity index is 347. The number of amides is 3. The summed E-state index contributed by atoms with van der Waals surface area (Å²) in [5.41, 5.74) is 4.72. The van der Waals surface area contributed by atoms with Crippen LogP contribution in [0.4, 0.5) is 9.59 Å². The lowest BCUT2D eigenvalue weighted by atomic mass is 10.2. The molecule has 9 heteroatoms. The number of aliphatic hydroxyl groups is 1. The number of urea groups is 1. The van der Waals surface area contributed by atoms with Crippen LogP contribution in [-0.4, -0.2) is 65.0 Å². The van der Waals surface area contributed by atoms with Crippen molar-refractivity contribution in [2.45, 2.75) is 18.6 Å². The molecule has 0 aliphatic carbocycles. The van der Waals surface area contributed by atoms with Gasteiger partial charge in [0.1, 0.15) is 12.6 Å². The molecule has 0 aromatic rings. The van der Waals surface area contributed by atoms with Gasteiger partial charge >= 0.3 is 18.1 Å². The van der Waals surface area contributed by atoms with Crippen LogP contribution in [0.5, 0.6) is 0 Å². The molecule has 0 radical (unpaired) electrons. The van der Waals surface area contributed by atoms with Gasteiger partial charge in [0.15, 0.2) is 0 Å². The number of primary amides is 1. The molecule has 1 aliphatic rings. The van der Waals surface area contributed by atoms with Crippen molar-refractivity contribution in [3.63, 3.8) is 0 Å². The molecule has 0 aromatic carbocycles. The van der Waals surface area contributed by atoms with E-state index in [9.17, 15) is 19.5 Å². The summed E-state index contributed by atoms with van der Waals surface area (Å²) in [7, 11) is 0. The first-order chi connectivity index (χ1) is 8.41. The number of nitrogens with one attached hydrogen (secondary N) is 1. The molecule has 0 saturated carbocycles. The Labute approximate surface area is 102 Å². The van der Waals surface area contributed by atoms with Gasteiger partial charge in [-0.3, -0.25) is 0 Å². The number of aliphatic carboxylic acids is 1. The average molecular weight is 261 g/mol. The highest BCUT2D eigenvalue weighted by Gasteiger charge is 2.38. The van der Waals surface area contributed by atoms with Crippen LogP contribution in [0.25, 0.3) is 0 Å². The lowest BCUT2D eigenvalue weighted by Crippen LogP contribution is -2.47. The second-order valence-corrected chi connectivity index (χ2v) is 3.80. The third-order valence-corrected chi connectivity index (χ3v) is 2.45. The number of likely N-dealkylation sites (tertiary alicyclic amines) is 1. The van der Waals surface area contributed by atoms with Gasteiger partial charge in [-0.15, -0.1) is 0 Å². The maximum atomic E-state index is 11.6. The summed E-state index contributed by atoms with van der Waals surface area (Å²) in [6, 6.07) is -1.68. The van der Waals surface area contributed by atoms with Crippen molar-refractivity contribution >= 4 is 18.1 Å². The van der Waals surface area contributed by atoms with E-state index in [0.29, 0.717) is 0 Å². The van der Waals surface area contributed by atoms with E-state index in [-0.39, 0.29) is 26.1 Å². The molecule has 1 fully saturated rings. The van der Waals surface area contributed by atoms with Crippen molar-refractivity contribution in [2.75, 3.05) is 19.7 Å². The minimum atomic E-state index is -1.17. The van der Waals surface area contributed by atoms with E-state index in [0.717, 1.165) is 4.90 Å². The van der Waals surface area contributed by atoms with Gasteiger partial charge in [-0.1, -0.05) is 0 Å². The predicted molar refractivity (Wildman–Crippen MR) is 57.7 cm³/mol. The molecule has 3 amide bonds. The molecule has 18 heavy (non-hydrogen) atoms. The zero-order valence-electron chi connectivity index (χ0n) is 9.54. The summed E-state index contributed by atoms with van der Waals surface area (Å²) in [5.74, 6) is -1.17. The molecular weight excluding hydrogens is 246 g/mol. The zero-order chi connectivity index (χ0) is 13.7. The van der Waals surface area contributed by atoms with E-state index < -0.39 is 30.2 Å². The van der Waals surface area contributed by atoms with Gasteiger partial charge in [0.25, 0.3) is 0 Å². The number of carboxylic acid groups (broad SMARTS) is 1. The van der Waals surface area contributed by atoms with Crippen molar-refractivity contribution in [3.8, 4) is 0 Å². The molecule has 2 atom stereocenters. The number of ether oxygens (including phenoxy) is 1. The average Bonchev–Trinajstić information content (AvgIpc) is 2.66. The molecule has 1 saturated heterocycles. The second kappa shape index (κ2) is 6.05. The van der Waals surface area contributed by atoms with Gasteiger partial charge in [-0.2, -0.15) is 0 Å². The molecule has 1 unspecified atom stereocenters. The number of β-amino-alcohol motifs (C(OH)–C–C–N with tert-alkyl or cyclic N) is 1. The van der Waals surface area contributed by atoms with Gasteiger partial charge in [-0.05, 0) is 0 Å². The van der Waals surface area contributed by atoms with Crippen molar-refractivity contribution < 1.29 is 29.3 Å². The van der Waals surface area contributed by atoms with Gasteiger partial charge in [0.05, 0.1) is 12.6 Å². The molecule has 0 aromatic heterocycles. The van der Waals surface area contributed by atoms with E-state index in [1.54, 1.807) is 0 Å². The number of rotatable bonds is 4. The largest absolute Gasteiger partial charge is 0.480 e. The maximum Gasteiger partial charge on any atom is 0.404 e. The summed E-state index contributed by atoms with van der Waals surface area (Å²) in [4.78, 5) is 33.8. The lowest BCUT2D eigenvalue weighted by Gasteiger charge is -2.21. The standard InChI is InChI=1S/C9H15N3O6/c10-8(16)18-2-1-11-9(17)12-4-5(13)3-6(12)7(14)15/h5-6,13H,1-4H2,(H2,10,16)(H,11,17)(H,14,15)/t5?,6-/m0/s1. The summed E-state index contributed by atoms with van der Waals surface area (Å²) in [6.07, 6.45) is -1.80. The van der Waals surface area contributed by atoms with Gasteiger partial charge in [0.2, 0.25) is 0 Å². The zero-order valence-corrected chi connectivity index (χ0v) is 9.54. The van der Waals surface area contributed by atoms with Crippen LogP contribution >= 0.6 is 0 Å². The van der Waals surface area contributed by atoms with Crippen LogP contribution in [-0.2, 0) is 9.53 Å². The summed E-state index contributed by atoms with van der Waals surface area (Å²) in [6.45, 7) is -0.130. The highest BCUT2D eigenvalue weighted by atomic mass is 16.5. The smallest absolute Gasteiger partial charge is 0.404 e. The topological polar surface area (TPSA) is 142 Å². The highest BCUT2D eigenvalue weighted by molar-refractivity contribution is 5.83. The number of carbonyl (C=O) groups is 3. The fraction of sp³-hybridized carbons (Fsp3) is 0.667. The number of nitrogens with two attached hydrogens (primary N) is 1. The Balaban J connectivity index is 2.40. The number of carboxylic acids is 1. The molecule has 0 bridgehead atoms. The van der Waals surface area contributed by atoms with Crippen LogP contribution in [0, 0.1) is 0 Å². The van der Waals surface area contributed by atoms with Gasteiger partial charge < -0.3 is 30.9 Å². The number of hydrogen-bond donors (Lipinski definition) is 4. The molecule has 5 N–H and O–H groups in total. The Hall–Kier alpha value is -2.03. The van der Waals surface area contributed by atoms with Crippen LogP contribution in [0.2, 0.25) is 0 Å². The predicted octanol–water partition coefficient (Wildman–Crippen LogP) is -1.69. The maximum absolute atomic E-state index is 11.6. The Morgan fingerprint density at radius 3 is 2.67 bits per heavy atom. The Morgan fingerprint density at radius 2 is 2.11 bits per heavy atom. The third-order valence-electron chi connectivity index (χ3n) is 2.45. The van der Waals surface area contributed by atoms with E-state index in [4.69, 9.17) is 10.8 Å². The Kier molecular flexibility index (Phi) is 4.72. The first kappa shape index (κ1) is 14.0. The summed E-state index contributed by atoms with van der Waals surface area (Å²) in [5, 5.41) is 20.6. The number of aliphatic hydroxyl groups excluding tert-OH is 1. The number of hydrogen-bond acceptors (Lipinski definition) is 5. The monoisotopic (exact) mass is 261 g/mol. The normalized spacial score (nSPS) is 22.6. The van der Waals surface area contributed by atoms with Gasteiger partial charge in [-0.25, -0.2) is 14.4 Å².